The van der Waals surface area contributed by atoms with Crippen LogP contribution in [0.15, 0.2) is 67.0 Å². The van der Waals surface area contributed by atoms with Gasteiger partial charge in [-0.05, 0) is 35.9 Å². The summed E-state index contributed by atoms with van der Waals surface area (Å²) in [6.45, 7) is 0.575. The number of carbonyl (C=O) groups excluding carboxylic acids is 1. The van der Waals surface area contributed by atoms with Crippen molar-refractivity contribution in [3.63, 3.8) is 0 Å². The van der Waals surface area contributed by atoms with Crippen LogP contribution in [0.25, 0.3) is 0 Å². The average Bonchev–Trinajstić information content (AvgIpc) is 3.07. The first-order valence-electron chi connectivity index (χ1n) is 7.62. The molecule has 0 unspecified atom stereocenters. The number of halogens is 3. The molecule has 0 saturated heterocycles. The van der Waals surface area contributed by atoms with E-state index in [-0.39, 0.29) is 5.69 Å². The van der Waals surface area contributed by atoms with E-state index >= 15 is 0 Å². The van der Waals surface area contributed by atoms with Crippen molar-refractivity contribution in [2.45, 2.75) is 12.9 Å². The molecule has 0 spiro atoms. The Hall–Kier alpha value is -3.29. The minimum absolute atomic E-state index is 0.206. The van der Waals surface area contributed by atoms with Crippen molar-refractivity contribution >= 4 is 11.6 Å². The van der Waals surface area contributed by atoms with Crippen LogP contribution in [0.2, 0.25) is 0 Å². The van der Waals surface area contributed by atoms with E-state index in [0.717, 1.165) is 17.7 Å². The SMILES string of the molecule is O=C(Nc1cccc(OC(F)(F)F)c1)c1ccc(Cn2cccn2)cc1. The molecule has 0 atom stereocenters. The van der Waals surface area contributed by atoms with E-state index in [1.807, 2.05) is 12.3 Å². The molecule has 8 heteroatoms. The average molecular weight is 361 g/mol. The third-order valence-corrected chi connectivity index (χ3v) is 3.45. The van der Waals surface area contributed by atoms with Crippen molar-refractivity contribution < 1.29 is 22.7 Å². The predicted octanol–water partition coefficient (Wildman–Crippen LogP) is 4.08. The zero-order valence-corrected chi connectivity index (χ0v) is 13.4. The summed E-state index contributed by atoms with van der Waals surface area (Å²) < 4.78 is 42.4. The maximum Gasteiger partial charge on any atom is 0.573 e. The van der Waals surface area contributed by atoms with E-state index in [9.17, 15) is 18.0 Å². The molecule has 1 aromatic heterocycles. The third-order valence-electron chi connectivity index (χ3n) is 3.45. The summed E-state index contributed by atoms with van der Waals surface area (Å²) in [7, 11) is 0. The van der Waals surface area contributed by atoms with Gasteiger partial charge in [-0.1, -0.05) is 18.2 Å². The van der Waals surface area contributed by atoms with Crippen molar-refractivity contribution in [3.05, 3.63) is 78.1 Å². The van der Waals surface area contributed by atoms with Crippen molar-refractivity contribution in [1.29, 1.82) is 0 Å². The van der Waals surface area contributed by atoms with Gasteiger partial charge in [0.05, 0.1) is 6.54 Å². The number of carbonyl (C=O) groups is 1. The lowest BCUT2D eigenvalue weighted by atomic mass is 10.1. The first kappa shape index (κ1) is 17.5. The Balaban J connectivity index is 1.65. The molecule has 1 N–H and O–H groups in total. The molecule has 0 aliphatic rings. The topological polar surface area (TPSA) is 56.1 Å². The summed E-state index contributed by atoms with van der Waals surface area (Å²) in [5.74, 6) is -0.829. The van der Waals surface area contributed by atoms with Gasteiger partial charge >= 0.3 is 6.36 Å². The number of amides is 1. The number of alkyl halides is 3. The first-order valence-corrected chi connectivity index (χ1v) is 7.62. The van der Waals surface area contributed by atoms with Gasteiger partial charge in [0.25, 0.3) is 5.91 Å². The fourth-order valence-electron chi connectivity index (χ4n) is 2.32. The Morgan fingerprint density at radius 3 is 2.54 bits per heavy atom. The fourth-order valence-corrected chi connectivity index (χ4v) is 2.32. The van der Waals surface area contributed by atoms with Crippen LogP contribution in [0.4, 0.5) is 18.9 Å². The Labute approximate surface area is 147 Å². The van der Waals surface area contributed by atoms with Crippen LogP contribution >= 0.6 is 0 Å². The molecule has 5 nitrogen and oxygen atoms in total. The summed E-state index contributed by atoms with van der Waals surface area (Å²) >= 11 is 0. The van der Waals surface area contributed by atoms with Crippen LogP contribution in [-0.4, -0.2) is 22.1 Å². The van der Waals surface area contributed by atoms with Crippen LogP contribution in [-0.2, 0) is 6.54 Å². The van der Waals surface area contributed by atoms with E-state index in [1.165, 1.54) is 12.1 Å². The van der Waals surface area contributed by atoms with Gasteiger partial charge in [-0.2, -0.15) is 5.10 Å². The maximum atomic E-state index is 12.3. The summed E-state index contributed by atoms with van der Waals surface area (Å²) in [4.78, 5) is 12.2. The van der Waals surface area contributed by atoms with E-state index in [0.29, 0.717) is 12.1 Å². The van der Waals surface area contributed by atoms with E-state index in [1.54, 1.807) is 35.1 Å². The second-order valence-corrected chi connectivity index (χ2v) is 5.43. The van der Waals surface area contributed by atoms with Crippen LogP contribution in [0.5, 0.6) is 5.75 Å². The Morgan fingerprint density at radius 2 is 1.88 bits per heavy atom. The van der Waals surface area contributed by atoms with Gasteiger partial charge in [0.1, 0.15) is 5.75 Å². The number of nitrogens with zero attached hydrogens (tertiary/aromatic N) is 2. The molecule has 1 amide bonds. The molecule has 3 aromatic rings. The number of benzene rings is 2. The molecular formula is C18H14F3N3O2. The van der Waals surface area contributed by atoms with E-state index < -0.39 is 18.0 Å². The molecule has 2 aromatic carbocycles. The maximum absolute atomic E-state index is 12.3. The standard InChI is InChI=1S/C18H14F3N3O2/c19-18(20,21)26-16-4-1-3-15(11-16)23-17(25)14-7-5-13(6-8-14)12-24-10-2-9-22-24/h1-11H,12H2,(H,23,25). The Kier molecular flexibility index (Phi) is 4.92. The third kappa shape index (κ3) is 4.85. The number of anilines is 1. The van der Waals surface area contributed by atoms with Gasteiger partial charge in [0.2, 0.25) is 0 Å². The molecule has 3 rings (SSSR count). The summed E-state index contributed by atoms with van der Waals surface area (Å²) in [5, 5.41) is 6.65. The molecule has 134 valence electrons. The lowest BCUT2D eigenvalue weighted by Gasteiger charge is -2.11. The van der Waals surface area contributed by atoms with Crippen molar-refractivity contribution in [2.24, 2.45) is 0 Å². The number of hydrogen-bond acceptors (Lipinski definition) is 3. The highest BCUT2D eigenvalue weighted by atomic mass is 19.4. The summed E-state index contributed by atoms with van der Waals surface area (Å²) in [6, 6.07) is 13.8. The number of hydrogen-bond donors (Lipinski definition) is 1. The van der Waals surface area contributed by atoms with Gasteiger partial charge in [0.15, 0.2) is 0 Å². The first-order chi connectivity index (χ1) is 12.4. The molecule has 0 radical (unpaired) electrons. The van der Waals surface area contributed by atoms with E-state index in [4.69, 9.17) is 0 Å². The fraction of sp³-hybridized carbons (Fsp3) is 0.111. The lowest BCUT2D eigenvalue weighted by Crippen LogP contribution is -2.17. The van der Waals surface area contributed by atoms with Crippen LogP contribution in [0, 0.1) is 0 Å². The summed E-state index contributed by atoms with van der Waals surface area (Å²) in [5.41, 5.74) is 1.56. The number of nitrogens with one attached hydrogen (secondary N) is 1. The quantitative estimate of drug-likeness (QED) is 0.745. The second kappa shape index (κ2) is 7.30. The second-order valence-electron chi connectivity index (χ2n) is 5.43. The minimum Gasteiger partial charge on any atom is -0.406 e. The normalized spacial score (nSPS) is 11.2. The van der Waals surface area contributed by atoms with Gasteiger partial charge in [-0.25, -0.2) is 0 Å². The Bertz CT molecular complexity index is 875. The lowest BCUT2D eigenvalue weighted by molar-refractivity contribution is -0.274. The van der Waals surface area contributed by atoms with Crippen LogP contribution in [0.3, 0.4) is 0 Å². The highest BCUT2D eigenvalue weighted by Gasteiger charge is 2.31. The number of ether oxygens (including phenoxy) is 1. The molecule has 0 saturated carbocycles. The number of rotatable bonds is 5. The van der Waals surface area contributed by atoms with Gasteiger partial charge in [0, 0.05) is 29.7 Å². The van der Waals surface area contributed by atoms with Gasteiger partial charge in [-0.15, -0.1) is 13.2 Å². The van der Waals surface area contributed by atoms with Crippen molar-refractivity contribution in [3.8, 4) is 5.75 Å². The summed E-state index contributed by atoms with van der Waals surface area (Å²) in [6.07, 6.45) is -1.28. The van der Waals surface area contributed by atoms with Gasteiger partial charge in [-0.3, -0.25) is 9.48 Å². The Morgan fingerprint density at radius 1 is 1.12 bits per heavy atom. The molecule has 0 aliphatic heterocycles. The van der Waals surface area contributed by atoms with E-state index in [2.05, 4.69) is 15.2 Å². The van der Waals surface area contributed by atoms with Crippen LogP contribution < -0.4 is 10.1 Å². The number of aromatic nitrogens is 2. The highest BCUT2D eigenvalue weighted by molar-refractivity contribution is 6.04. The van der Waals surface area contributed by atoms with Crippen molar-refractivity contribution in [2.75, 3.05) is 5.32 Å². The molecule has 1 heterocycles. The molecule has 0 aliphatic carbocycles. The zero-order valence-electron chi connectivity index (χ0n) is 13.4. The monoisotopic (exact) mass is 361 g/mol. The largest absolute Gasteiger partial charge is 0.573 e. The molecule has 26 heavy (non-hydrogen) atoms. The predicted molar refractivity (Wildman–Crippen MR) is 88.8 cm³/mol. The molecular weight excluding hydrogens is 347 g/mol. The minimum atomic E-state index is -4.78. The van der Waals surface area contributed by atoms with Crippen LogP contribution in [0.1, 0.15) is 15.9 Å². The van der Waals surface area contributed by atoms with Crippen molar-refractivity contribution in [1.82, 2.24) is 9.78 Å². The smallest absolute Gasteiger partial charge is 0.406 e. The highest BCUT2D eigenvalue weighted by Crippen LogP contribution is 2.25. The van der Waals surface area contributed by atoms with Gasteiger partial charge < -0.3 is 10.1 Å². The molecule has 0 fully saturated rings. The zero-order chi connectivity index (χ0) is 18.6. The molecule has 0 bridgehead atoms.